The maximum atomic E-state index is 12.9. The van der Waals surface area contributed by atoms with Crippen molar-refractivity contribution in [2.45, 2.75) is 14.8 Å². The first-order valence-corrected chi connectivity index (χ1v) is 9.30. The number of guanidine groups is 1. The molecule has 0 saturated heterocycles. The zero-order chi connectivity index (χ0) is 16.8. The van der Waals surface area contributed by atoms with E-state index in [1.165, 1.54) is 0 Å². The molecule has 0 bridgehead atoms. The van der Waals surface area contributed by atoms with Gasteiger partial charge >= 0.3 is 0 Å². The van der Waals surface area contributed by atoms with Gasteiger partial charge in [0.25, 0.3) is 0 Å². The van der Waals surface area contributed by atoms with Gasteiger partial charge in [-0.15, -0.1) is 11.8 Å². The van der Waals surface area contributed by atoms with Crippen LogP contribution in [0.2, 0.25) is 0 Å². The molecule has 1 atom stereocenters. The fourth-order valence-electron chi connectivity index (χ4n) is 1.89. The molecule has 0 spiro atoms. The van der Waals surface area contributed by atoms with E-state index in [4.69, 9.17) is 17.3 Å². The largest absolute Gasteiger partial charge is 0.369 e. The minimum Gasteiger partial charge on any atom is -0.369 e. The van der Waals surface area contributed by atoms with Crippen molar-refractivity contribution in [2.75, 3.05) is 18.2 Å². The predicted octanol–water partition coefficient (Wildman–Crippen LogP) is 5.08. The number of aliphatic imine (C=N–C) groups is 1. The molecule has 2 aromatic rings. The summed E-state index contributed by atoms with van der Waals surface area (Å²) in [5.74, 6) is 0.355. The van der Waals surface area contributed by atoms with Crippen LogP contribution in [0.5, 0.6) is 0 Å². The topological polar surface area (TPSA) is 41.6 Å². The van der Waals surface area contributed by atoms with Crippen molar-refractivity contribution in [3.05, 3.63) is 48.5 Å². The first-order valence-electron chi connectivity index (χ1n) is 6.76. The van der Waals surface area contributed by atoms with Gasteiger partial charge in [0.15, 0.2) is 0 Å². The van der Waals surface area contributed by atoms with Crippen LogP contribution in [0.15, 0.2) is 63.3 Å². The predicted molar refractivity (Wildman–Crippen MR) is 101 cm³/mol. The monoisotopic (exact) mass is 369 g/mol. The number of thioether (sulfide) groups is 2. The summed E-state index contributed by atoms with van der Waals surface area (Å²) >= 11 is 7.94. The second-order valence-corrected chi connectivity index (χ2v) is 7.25. The lowest BCUT2D eigenvalue weighted by Crippen LogP contribution is -2.33. The van der Waals surface area contributed by atoms with E-state index < -0.39 is 4.96 Å². The number of nitrogens with zero attached hydrogens (tertiary/aromatic N) is 2. The third-order valence-electron chi connectivity index (χ3n) is 3.07. The van der Waals surface area contributed by atoms with Gasteiger partial charge in [-0.05, 0) is 42.7 Å². The van der Waals surface area contributed by atoms with Crippen LogP contribution in [-0.2, 0) is 0 Å². The molecule has 0 aliphatic rings. The molecule has 0 heterocycles. The molecule has 23 heavy (non-hydrogen) atoms. The van der Waals surface area contributed by atoms with Crippen LogP contribution in [0.4, 0.5) is 15.8 Å². The van der Waals surface area contributed by atoms with Crippen molar-refractivity contribution >= 4 is 52.5 Å². The first kappa shape index (κ1) is 18.0. The van der Waals surface area contributed by atoms with E-state index in [1.54, 1.807) is 34.9 Å². The third-order valence-corrected chi connectivity index (χ3v) is 4.77. The fourth-order valence-corrected chi connectivity index (χ4v) is 3.20. The zero-order valence-electron chi connectivity index (χ0n) is 12.7. The van der Waals surface area contributed by atoms with Crippen molar-refractivity contribution in [3.63, 3.8) is 0 Å². The Bertz CT molecular complexity index is 695. The highest BCUT2D eigenvalue weighted by Gasteiger charge is 2.07. The van der Waals surface area contributed by atoms with Crippen molar-refractivity contribution in [1.29, 1.82) is 0 Å². The minimum atomic E-state index is -1.48. The van der Waals surface area contributed by atoms with Crippen molar-refractivity contribution in [1.82, 2.24) is 0 Å². The molecule has 0 aliphatic heterocycles. The molecule has 0 radical (unpaired) electrons. The van der Waals surface area contributed by atoms with Crippen LogP contribution in [0.3, 0.4) is 0 Å². The second kappa shape index (κ2) is 8.47. The SMILES string of the molecule is CSc1cccc(N(C)C(N)=Nc2cccc(SC(F)Cl)c2)c1. The lowest BCUT2D eigenvalue weighted by Gasteiger charge is -2.18. The first-order chi connectivity index (χ1) is 11.0. The normalized spacial score (nSPS) is 13.0. The quantitative estimate of drug-likeness (QED) is 0.345. The molecular weight excluding hydrogens is 353 g/mol. The maximum absolute atomic E-state index is 12.9. The molecular formula is C16H17ClFN3S2. The molecule has 2 rings (SSSR count). The minimum absolute atomic E-state index is 0.355. The van der Waals surface area contributed by atoms with Crippen LogP contribution < -0.4 is 10.6 Å². The number of rotatable bonds is 5. The Morgan fingerprint density at radius 3 is 2.61 bits per heavy atom. The molecule has 122 valence electrons. The van der Waals surface area contributed by atoms with Gasteiger partial charge in [0, 0.05) is 22.5 Å². The average Bonchev–Trinajstić information content (AvgIpc) is 2.54. The van der Waals surface area contributed by atoms with Crippen LogP contribution in [0, 0.1) is 0 Å². The molecule has 7 heteroatoms. The van der Waals surface area contributed by atoms with Gasteiger partial charge in [0.1, 0.15) is 0 Å². The van der Waals surface area contributed by atoms with E-state index in [-0.39, 0.29) is 0 Å². The molecule has 0 fully saturated rings. The van der Waals surface area contributed by atoms with Crippen LogP contribution in [0.25, 0.3) is 0 Å². The Morgan fingerprint density at radius 1 is 1.22 bits per heavy atom. The Morgan fingerprint density at radius 2 is 1.91 bits per heavy atom. The van der Waals surface area contributed by atoms with Gasteiger partial charge < -0.3 is 10.6 Å². The average molecular weight is 370 g/mol. The zero-order valence-corrected chi connectivity index (χ0v) is 15.1. The summed E-state index contributed by atoms with van der Waals surface area (Å²) in [6.45, 7) is 0. The van der Waals surface area contributed by atoms with Crippen molar-refractivity contribution in [3.8, 4) is 0 Å². The van der Waals surface area contributed by atoms with Gasteiger partial charge in [-0.1, -0.05) is 35.5 Å². The molecule has 2 N–H and O–H groups in total. The summed E-state index contributed by atoms with van der Waals surface area (Å²) in [5, 5.41) is 0. The Hall–Kier alpha value is -1.37. The number of nitrogens with two attached hydrogens (primary N) is 1. The van der Waals surface area contributed by atoms with E-state index in [1.807, 2.05) is 43.6 Å². The molecule has 2 aromatic carbocycles. The van der Waals surface area contributed by atoms with E-state index in [0.717, 1.165) is 22.3 Å². The van der Waals surface area contributed by atoms with Crippen LogP contribution >= 0.6 is 35.1 Å². The summed E-state index contributed by atoms with van der Waals surface area (Å²) in [5.41, 5.74) is 7.69. The molecule has 1 unspecified atom stereocenters. The third kappa shape index (κ3) is 5.34. The van der Waals surface area contributed by atoms with Gasteiger partial charge in [0.05, 0.1) is 5.69 Å². The van der Waals surface area contributed by atoms with E-state index >= 15 is 0 Å². The van der Waals surface area contributed by atoms with E-state index in [0.29, 0.717) is 16.5 Å². The number of benzene rings is 2. The highest BCUT2D eigenvalue weighted by Crippen LogP contribution is 2.29. The number of halogens is 2. The highest BCUT2D eigenvalue weighted by molar-refractivity contribution is 8.00. The van der Waals surface area contributed by atoms with E-state index in [9.17, 15) is 4.39 Å². The molecule has 0 aromatic heterocycles. The summed E-state index contributed by atoms with van der Waals surface area (Å²) in [7, 11) is 1.85. The van der Waals surface area contributed by atoms with Gasteiger partial charge in [-0.25, -0.2) is 9.38 Å². The van der Waals surface area contributed by atoms with Gasteiger partial charge in [0.2, 0.25) is 10.9 Å². The van der Waals surface area contributed by atoms with Gasteiger partial charge in [-0.3, -0.25) is 0 Å². The maximum Gasteiger partial charge on any atom is 0.223 e. The highest BCUT2D eigenvalue weighted by atomic mass is 35.5. The summed E-state index contributed by atoms with van der Waals surface area (Å²) in [6.07, 6.45) is 2.02. The Labute approximate surface area is 149 Å². The number of anilines is 1. The standard InChI is InChI=1S/C16H17ClFN3S2/c1-21(12-6-4-7-13(10-12)22-2)16(19)20-11-5-3-8-14(9-11)23-15(17)18/h3-10,15H,1-2H3,(H2,19,20). The fraction of sp³-hybridized carbons (Fsp3) is 0.188. The number of hydrogen-bond acceptors (Lipinski definition) is 3. The lowest BCUT2D eigenvalue weighted by atomic mass is 10.3. The van der Waals surface area contributed by atoms with Crippen molar-refractivity contribution < 1.29 is 4.39 Å². The van der Waals surface area contributed by atoms with E-state index in [2.05, 4.69) is 4.99 Å². The van der Waals surface area contributed by atoms with Crippen LogP contribution in [-0.4, -0.2) is 24.2 Å². The summed E-state index contributed by atoms with van der Waals surface area (Å²) in [6, 6.07) is 15.2. The van der Waals surface area contributed by atoms with Gasteiger partial charge in [-0.2, -0.15) is 0 Å². The summed E-state index contributed by atoms with van der Waals surface area (Å²) in [4.78, 5) is 6.57. The number of hydrogen-bond donors (Lipinski definition) is 1. The molecule has 0 saturated carbocycles. The Balaban J connectivity index is 2.21. The van der Waals surface area contributed by atoms with Crippen LogP contribution in [0.1, 0.15) is 0 Å². The summed E-state index contributed by atoms with van der Waals surface area (Å²) < 4.78 is 12.9. The molecule has 0 aliphatic carbocycles. The molecule has 3 nitrogen and oxygen atoms in total. The Kier molecular flexibility index (Phi) is 6.62. The second-order valence-electron chi connectivity index (χ2n) is 4.61. The van der Waals surface area contributed by atoms with Crippen molar-refractivity contribution in [2.24, 2.45) is 10.7 Å². The molecule has 0 amide bonds. The number of alkyl halides is 2. The smallest absolute Gasteiger partial charge is 0.223 e. The lowest BCUT2D eigenvalue weighted by molar-refractivity contribution is 0.561.